The number of benzene rings is 1. The van der Waals surface area contributed by atoms with Crippen molar-refractivity contribution in [2.75, 3.05) is 0 Å². The van der Waals surface area contributed by atoms with Gasteiger partial charge in [0.05, 0.1) is 5.02 Å². The van der Waals surface area contributed by atoms with Crippen LogP contribution in [-0.4, -0.2) is 12.8 Å². The van der Waals surface area contributed by atoms with Crippen LogP contribution in [0.5, 0.6) is 11.6 Å². The molecule has 2 aromatic rings. The summed E-state index contributed by atoms with van der Waals surface area (Å²) in [5.41, 5.74) is 0.534. The van der Waals surface area contributed by atoms with Gasteiger partial charge in [0.25, 0.3) is 5.88 Å². The minimum absolute atomic E-state index is 0.130. The van der Waals surface area contributed by atoms with Crippen molar-refractivity contribution in [1.82, 2.24) is 4.98 Å². The molecule has 78 valence electrons. The number of nitrogens with zero attached hydrogens (tertiary/aromatic N) is 1. The van der Waals surface area contributed by atoms with E-state index in [1.807, 2.05) is 0 Å². The number of rotatable bonds is 2. The Labute approximate surface area is 98.4 Å². The molecule has 0 saturated carbocycles. The van der Waals surface area contributed by atoms with Gasteiger partial charge in [0, 0.05) is 6.20 Å². The Hall–Kier alpha value is -1.55. The highest BCUT2D eigenvalue weighted by Gasteiger charge is 2.06. The van der Waals surface area contributed by atoms with Crippen LogP contribution < -0.4 is 10.2 Å². The molecular formula is C11H6BClFNO. The van der Waals surface area contributed by atoms with Crippen LogP contribution in [0.1, 0.15) is 0 Å². The zero-order chi connectivity index (χ0) is 11.5. The Morgan fingerprint density at radius 3 is 2.81 bits per heavy atom. The highest BCUT2D eigenvalue weighted by atomic mass is 35.5. The summed E-state index contributed by atoms with van der Waals surface area (Å²) in [6, 6.07) is 7.79. The first-order valence-corrected chi connectivity index (χ1v) is 4.87. The van der Waals surface area contributed by atoms with Gasteiger partial charge in [-0.25, -0.2) is 9.37 Å². The maximum Gasteiger partial charge on any atom is 0.255 e. The van der Waals surface area contributed by atoms with Crippen LogP contribution in [0.4, 0.5) is 4.39 Å². The van der Waals surface area contributed by atoms with Gasteiger partial charge in [-0.15, -0.1) is 0 Å². The first-order chi connectivity index (χ1) is 7.65. The number of hydrogen-bond acceptors (Lipinski definition) is 2. The standard InChI is InChI=1S/C11H6BClFNO/c12-7-2-1-3-9(4-7)16-11-10(14)5-8(13)6-15-11/h1-6H. The molecular weight excluding hydrogens is 227 g/mol. The second-order valence-corrected chi connectivity index (χ2v) is 3.55. The first kappa shape index (κ1) is 11.0. The van der Waals surface area contributed by atoms with Crippen LogP contribution in [-0.2, 0) is 0 Å². The molecule has 0 unspecified atom stereocenters. The van der Waals surface area contributed by atoms with E-state index in [-0.39, 0.29) is 10.9 Å². The highest BCUT2D eigenvalue weighted by molar-refractivity contribution is 6.32. The predicted octanol–water partition coefficient (Wildman–Crippen LogP) is 2.46. The second-order valence-electron chi connectivity index (χ2n) is 3.12. The van der Waals surface area contributed by atoms with E-state index in [1.165, 1.54) is 6.20 Å². The van der Waals surface area contributed by atoms with Crippen LogP contribution in [0.15, 0.2) is 36.5 Å². The summed E-state index contributed by atoms with van der Waals surface area (Å²) >= 11 is 5.57. The summed E-state index contributed by atoms with van der Waals surface area (Å²) in [5, 5.41) is 0.220. The van der Waals surface area contributed by atoms with Crippen molar-refractivity contribution in [1.29, 1.82) is 0 Å². The lowest BCUT2D eigenvalue weighted by atomic mass is 9.96. The molecule has 2 rings (SSSR count). The molecule has 5 heteroatoms. The zero-order valence-corrected chi connectivity index (χ0v) is 8.91. The minimum atomic E-state index is -0.616. The molecule has 2 radical (unpaired) electrons. The maximum atomic E-state index is 13.3. The second kappa shape index (κ2) is 4.53. The van der Waals surface area contributed by atoms with Crippen LogP contribution >= 0.6 is 11.6 Å². The van der Waals surface area contributed by atoms with Gasteiger partial charge in [-0.3, -0.25) is 0 Å². The van der Waals surface area contributed by atoms with Gasteiger partial charge in [-0.05, 0) is 18.2 Å². The van der Waals surface area contributed by atoms with Gasteiger partial charge in [-0.1, -0.05) is 29.2 Å². The fraction of sp³-hybridized carbons (Fsp3) is 0. The molecule has 1 heterocycles. The predicted molar refractivity (Wildman–Crippen MR) is 61.1 cm³/mol. The number of hydrogen-bond donors (Lipinski definition) is 0. The summed E-state index contributed by atoms with van der Waals surface area (Å²) < 4.78 is 18.6. The van der Waals surface area contributed by atoms with E-state index in [2.05, 4.69) is 4.98 Å². The molecule has 1 aromatic carbocycles. The van der Waals surface area contributed by atoms with Crippen molar-refractivity contribution in [2.24, 2.45) is 0 Å². The van der Waals surface area contributed by atoms with E-state index in [0.29, 0.717) is 11.2 Å². The van der Waals surface area contributed by atoms with Crippen molar-refractivity contribution in [3.63, 3.8) is 0 Å². The van der Waals surface area contributed by atoms with Crippen molar-refractivity contribution in [2.45, 2.75) is 0 Å². The van der Waals surface area contributed by atoms with Crippen LogP contribution in [0.3, 0.4) is 0 Å². The quantitative estimate of drug-likeness (QED) is 0.744. The fourth-order valence-electron chi connectivity index (χ4n) is 1.17. The van der Waals surface area contributed by atoms with Gasteiger partial charge >= 0.3 is 0 Å². The molecule has 0 saturated heterocycles. The van der Waals surface area contributed by atoms with E-state index >= 15 is 0 Å². The van der Waals surface area contributed by atoms with Gasteiger partial charge in [-0.2, -0.15) is 0 Å². The first-order valence-electron chi connectivity index (χ1n) is 4.49. The smallest absolute Gasteiger partial charge is 0.255 e. The Kier molecular flexibility index (Phi) is 3.10. The van der Waals surface area contributed by atoms with E-state index in [9.17, 15) is 4.39 Å². The topological polar surface area (TPSA) is 22.1 Å². The highest BCUT2D eigenvalue weighted by Crippen LogP contribution is 2.22. The van der Waals surface area contributed by atoms with Gasteiger partial charge in [0.15, 0.2) is 5.82 Å². The zero-order valence-electron chi connectivity index (χ0n) is 8.15. The summed E-state index contributed by atoms with van der Waals surface area (Å²) in [7, 11) is 5.56. The third-order valence-corrected chi connectivity index (χ3v) is 2.05. The molecule has 0 aliphatic heterocycles. The Morgan fingerprint density at radius 2 is 2.12 bits per heavy atom. The van der Waals surface area contributed by atoms with Gasteiger partial charge < -0.3 is 4.74 Å². The molecule has 0 atom stereocenters. The summed E-state index contributed by atoms with van der Waals surface area (Å²) in [6.45, 7) is 0. The molecule has 0 N–H and O–H groups in total. The Balaban J connectivity index is 2.27. The number of aromatic nitrogens is 1. The molecule has 1 aromatic heterocycles. The minimum Gasteiger partial charge on any atom is -0.437 e. The van der Waals surface area contributed by atoms with E-state index in [1.54, 1.807) is 24.3 Å². The van der Waals surface area contributed by atoms with Crippen LogP contribution in [0.2, 0.25) is 5.02 Å². The Bertz CT molecular complexity index is 521. The third-order valence-electron chi connectivity index (χ3n) is 1.85. The molecule has 0 amide bonds. The third kappa shape index (κ3) is 2.52. The van der Waals surface area contributed by atoms with Crippen LogP contribution in [0.25, 0.3) is 0 Å². The average molecular weight is 233 g/mol. The lowest BCUT2D eigenvalue weighted by molar-refractivity contribution is 0.423. The van der Waals surface area contributed by atoms with Crippen molar-refractivity contribution in [3.8, 4) is 11.6 Å². The molecule has 0 bridgehead atoms. The van der Waals surface area contributed by atoms with E-state index in [4.69, 9.17) is 24.2 Å². The fourth-order valence-corrected chi connectivity index (χ4v) is 1.31. The molecule has 0 spiro atoms. The molecule has 0 aliphatic rings. The van der Waals surface area contributed by atoms with E-state index in [0.717, 1.165) is 6.07 Å². The SMILES string of the molecule is [B]c1cccc(Oc2ncc(Cl)cc2F)c1. The van der Waals surface area contributed by atoms with Crippen molar-refractivity contribution in [3.05, 3.63) is 47.4 Å². The van der Waals surface area contributed by atoms with Crippen molar-refractivity contribution < 1.29 is 9.13 Å². The molecule has 0 fully saturated rings. The maximum absolute atomic E-state index is 13.3. The summed E-state index contributed by atoms with van der Waals surface area (Å²) in [4.78, 5) is 3.73. The number of ether oxygens (including phenoxy) is 1. The number of pyridine rings is 1. The lowest BCUT2D eigenvalue weighted by Gasteiger charge is -2.06. The monoisotopic (exact) mass is 233 g/mol. The lowest BCUT2D eigenvalue weighted by Crippen LogP contribution is -2.01. The molecule has 16 heavy (non-hydrogen) atoms. The molecule has 2 nitrogen and oxygen atoms in total. The van der Waals surface area contributed by atoms with Gasteiger partial charge in [0.2, 0.25) is 0 Å². The average Bonchev–Trinajstić information content (AvgIpc) is 2.22. The van der Waals surface area contributed by atoms with E-state index < -0.39 is 5.82 Å². The summed E-state index contributed by atoms with van der Waals surface area (Å²) in [6.07, 6.45) is 1.31. The largest absolute Gasteiger partial charge is 0.437 e. The van der Waals surface area contributed by atoms with Gasteiger partial charge in [0.1, 0.15) is 13.6 Å². The summed E-state index contributed by atoms with van der Waals surface area (Å²) in [5.74, 6) is -0.321. The molecule has 0 aliphatic carbocycles. The number of halogens is 2. The Morgan fingerprint density at radius 1 is 1.31 bits per heavy atom. The van der Waals surface area contributed by atoms with Crippen molar-refractivity contribution >= 4 is 24.9 Å². The van der Waals surface area contributed by atoms with Crippen LogP contribution in [0, 0.1) is 5.82 Å². The normalized spacial score (nSPS) is 10.1.